The fraction of sp³-hybridized carbons (Fsp3) is 0.882. The van der Waals surface area contributed by atoms with Gasteiger partial charge in [0.05, 0.1) is 0 Å². The number of aliphatic hydroxyl groups excluding tert-OH is 1. The number of aliphatic hydroxyl groups is 1. The maximum Gasteiger partial charge on any atom is 0.207 e. The molecule has 144 valence electrons. The predicted octanol–water partition coefficient (Wildman–Crippen LogP) is 2.44. The van der Waals surface area contributed by atoms with E-state index < -0.39 is 0 Å². The Morgan fingerprint density at radius 3 is 1.43 bits per heavy atom. The van der Waals surface area contributed by atoms with Gasteiger partial charge < -0.3 is 21.5 Å². The summed E-state index contributed by atoms with van der Waals surface area (Å²) in [6.07, 6.45) is 6.21. The minimum absolute atomic E-state index is 0.209. The average molecular weight is 338 g/mol. The van der Waals surface area contributed by atoms with Gasteiger partial charge in [0.2, 0.25) is 12.8 Å². The second kappa shape index (κ2) is 58.5. The fourth-order valence-corrected chi connectivity index (χ4v) is 1.00. The molecule has 6 heteroatoms. The average Bonchev–Trinajstić information content (AvgIpc) is 2.64. The lowest BCUT2D eigenvalue weighted by Crippen LogP contribution is -2.12. The molecular formula is C17H43N3O3. The summed E-state index contributed by atoms with van der Waals surface area (Å²) >= 11 is 0. The van der Waals surface area contributed by atoms with Crippen molar-refractivity contribution in [2.24, 2.45) is 5.73 Å². The molecule has 2 amide bonds. The summed E-state index contributed by atoms with van der Waals surface area (Å²) < 4.78 is 0. The van der Waals surface area contributed by atoms with Gasteiger partial charge in [-0.3, -0.25) is 9.59 Å². The number of carbonyl (C=O) groups excluding carboxylic acids is 2. The molecule has 0 aromatic carbocycles. The minimum atomic E-state index is 0.209. The number of nitrogens with one attached hydrogen (secondary N) is 2. The second-order valence-electron chi connectivity index (χ2n) is 3.42. The molecule has 0 saturated heterocycles. The minimum Gasteiger partial charge on any atom is -0.396 e. The largest absolute Gasteiger partial charge is 0.396 e. The smallest absolute Gasteiger partial charge is 0.207 e. The SMILES string of the molecule is CC.CC.CC.NCCCCCNC=O.O=CNCCCCO. The van der Waals surface area contributed by atoms with E-state index in [0.717, 1.165) is 51.6 Å². The van der Waals surface area contributed by atoms with Crippen LogP contribution in [0.15, 0.2) is 0 Å². The maximum absolute atomic E-state index is 9.70. The molecule has 0 radical (unpaired) electrons. The Hall–Kier alpha value is -1.14. The van der Waals surface area contributed by atoms with E-state index in [0.29, 0.717) is 13.0 Å². The molecule has 0 spiro atoms. The van der Waals surface area contributed by atoms with Crippen LogP contribution >= 0.6 is 0 Å². The van der Waals surface area contributed by atoms with Gasteiger partial charge in [0.15, 0.2) is 0 Å². The molecule has 23 heavy (non-hydrogen) atoms. The van der Waals surface area contributed by atoms with Gasteiger partial charge >= 0.3 is 0 Å². The molecule has 0 aliphatic rings. The molecule has 0 aliphatic carbocycles. The molecule has 0 heterocycles. The third kappa shape index (κ3) is 76.3. The lowest BCUT2D eigenvalue weighted by Gasteiger charge is -1.96. The van der Waals surface area contributed by atoms with Crippen molar-refractivity contribution in [3.05, 3.63) is 0 Å². The molecule has 0 aromatic rings. The van der Waals surface area contributed by atoms with Crippen molar-refractivity contribution < 1.29 is 14.7 Å². The Bertz CT molecular complexity index is 160. The summed E-state index contributed by atoms with van der Waals surface area (Å²) in [5.41, 5.74) is 5.25. The van der Waals surface area contributed by atoms with Crippen LogP contribution in [0, 0.1) is 0 Å². The van der Waals surface area contributed by atoms with Gasteiger partial charge in [0, 0.05) is 19.7 Å². The Labute approximate surface area is 144 Å². The molecule has 0 unspecified atom stereocenters. The van der Waals surface area contributed by atoms with E-state index in [-0.39, 0.29) is 6.61 Å². The molecule has 0 aliphatic heterocycles. The maximum atomic E-state index is 9.70. The molecule has 0 aromatic heterocycles. The Kier molecular flexibility index (Phi) is 85.1. The number of nitrogens with two attached hydrogens (primary N) is 1. The first-order valence-electron chi connectivity index (χ1n) is 8.98. The van der Waals surface area contributed by atoms with E-state index in [2.05, 4.69) is 10.6 Å². The molecule has 0 rings (SSSR count). The van der Waals surface area contributed by atoms with Crippen LogP contribution < -0.4 is 16.4 Å². The molecular weight excluding hydrogens is 294 g/mol. The van der Waals surface area contributed by atoms with E-state index in [1.54, 1.807) is 0 Å². The number of unbranched alkanes of at least 4 members (excludes halogenated alkanes) is 3. The van der Waals surface area contributed by atoms with Gasteiger partial charge in [-0.15, -0.1) is 0 Å². The van der Waals surface area contributed by atoms with E-state index in [4.69, 9.17) is 10.8 Å². The number of carbonyl (C=O) groups is 2. The highest BCUT2D eigenvalue weighted by Crippen LogP contribution is 1.89. The van der Waals surface area contributed by atoms with Crippen LogP contribution in [0.4, 0.5) is 0 Å². The Morgan fingerprint density at radius 2 is 1.13 bits per heavy atom. The van der Waals surface area contributed by atoms with E-state index in [1.165, 1.54) is 0 Å². The highest BCUT2D eigenvalue weighted by molar-refractivity contribution is 5.45. The van der Waals surface area contributed by atoms with E-state index in [1.807, 2.05) is 41.5 Å². The van der Waals surface area contributed by atoms with Crippen molar-refractivity contribution in [1.29, 1.82) is 0 Å². The van der Waals surface area contributed by atoms with E-state index in [9.17, 15) is 9.59 Å². The summed E-state index contributed by atoms with van der Waals surface area (Å²) in [6.45, 7) is 14.4. The third-order valence-electron chi connectivity index (χ3n) is 1.92. The van der Waals surface area contributed by atoms with Gasteiger partial charge in [0.1, 0.15) is 0 Å². The normalized spacial score (nSPS) is 7.30. The van der Waals surface area contributed by atoms with Crippen LogP contribution in [0.25, 0.3) is 0 Å². The number of hydrogen-bond acceptors (Lipinski definition) is 4. The van der Waals surface area contributed by atoms with Crippen LogP contribution in [0.1, 0.15) is 73.6 Å². The van der Waals surface area contributed by atoms with Crippen LogP contribution in [-0.4, -0.2) is 44.2 Å². The summed E-state index contributed by atoms with van der Waals surface area (Å²) in [7, 11) is 0. The van der Waals surface area contributed by atoms with Crippen LogP contribution in [-0.2, 0) is 9.59 Å². The van der Waals surface area contributed by atoms with Crippen LogP contribution in [0.2, 0.25) is 0 Å². The van der Waals surface area contributed by atoms with Gasteiger partial charge in [-0.25, -0.2) is 0 Å². The lowest BCUT2D eigenvalue weighted by atomic mass is 10.2. The molecule has 5 N–H and O–H groups in total. The molecule has 0 saturated carbocycles. The van der Waals surface area contributed by atoms with E-state index >= 15 is 0 Å². The Morgan fingerprint density at radius 1 is 0.739 bits per heavy atom. The van der Waals surface area contributed by atoms with Crippen LogP contribution in [0.3, 0.4) is 0 Å². The number of hydrogen-bond donors (Lipinski definition) is 4. The van der Waals surface area contributed by atoms with Crippen molar-refractivity contribution in [2.75, 3.05) is 26.2 Å². The summed E-state index contributed by atoms with van der Waals surface area (Å²) in [5, 5.41) is 13.3. The summed E-state index contributed by atoms with van der Waals surface area (Å²) in [4.78, 5) is 19.3. The first kappa shape index (κ1) is 33.5. The van der Waals surface area contributed by atoms with Crippen molar-refractivity contribution in [3.8, 4) is 0 Å². The predicted molar refractivity (Wildman–Crippen MR) is 101 cm³/mol. The first-order valence-corrected chi connectivity index (χ1v) is 8.98. The zero-order valence-corrected chi connectivity index (χ0v) is 16.4. The van der Waals surface area contributed by atoms with Gasteiger partial charge in [0.25, 0.3) is 0 Å². The Balaban J connectivity index is -0.0000000709. The van der Waals surface area contributed by atoms with Crippen LogP contribution in [0.5, 0.6) is 0 Å². The van der Waals surface area contributed by atoms with Crippen molar-refractivity contribution in [1.82, 2.24) is 10.6 Å². The van der Waals surface area contributed by atoms with Crippen molar-refractivity contribution in [3.63, 3.8) is 0 Å². The van der Waals surface area contributed by atoms with Gasteiger partial charge in [-0.2, -0.15) is 0 Å². The quantitative estimate of drug-likeness (QED) is 0.343. The monoisotopic (exact) mass is 337 g/mol. The van der Waals surface area contributed by atoms with Crippen molar-refractivity contribution in [2.45, 2.75) is 73.6 Å². The molecule has 0 atom stereocenters. The molecule has 0 fully saturated rings. The number of rotatable bonds is 11. The standard InChI is InChI=1S/C6H14N2O.C5H11NO2.3C2H6/c7-4-2-1-3-5-8-6-9;7-4-2-1-3-6-5-8;3*1-2/h6H,1-5,7H2,(H,8,9);5,7H,1-4H2,(H,6,8);3*1-2H3. The molecule has 6 nitrogen and oxygen atoms in total. The topological polar surface area (TPSA) is 104 Å². The van der Waals surface area contributed by atoms with Gasteiger partial charge in [-0.05, 0) is 32.2 Å². The highest BCUT2D eigenvalue weighted by atomic mass is 16.3. The fourth-order valence-electron chi connectivity index (χ4n) is 1.00. The zero-order valence-electron chi connectivity index (χ0n) is 16.4. The highest BCUT2D eigenvalue weighted by Gasteiger charge is 1.84. The summed E-state index contributed by atoms with van der Waals surface area (Å²) in [5.74, 6) is 0. The lowest BCUT2D eigenvalue weighted by molar-refractivity contribution is -0.110. The van der Waals surface area contributed by atoms with Crippen molar-refractivity contribution >= 4 is 12.8 Å². The zero-order chi connectivity index (χ0) is 19.2. The summed E-state index contributed by atoms with van der Waals surface area (Å²) in [6, 6.07) is 0. The first-order chi connectivity index (χ1) is 11.3. The number of amides is 2. The van der Waals surface area contributed by atoms with Gasteiger partial charge in [-0.1, -0.05) is 48.0 Å². The second-order valence-corrected chi connectivity index (χ2v) is 3.42. The third-order valence-corrected chi connectivity index (χ3v) is 1.92. The molecule has 0 bridgehead atoms.